The van der Waals surface area contributed by atoms with Crippen LogP contribution in [0.15, 0.2) is 24.5 Å². The second-order valence-corrected chi connectivity index (χ2v) is 5.59. The molecule has 0 unspecified atom stereocenters. The van der Waals surface area contributed by atoms with Gasteiger partial charge in [-0.2, -0.15) is 0 Å². The molecule has 128 valence electrons. The number of ether oxygens (including phenoxy) is 1. The average molecular weight is 329 g/mol. The van der Waals surface area contributed by atoms with E-state index in [1.807, 2.05) is 26.0 Å². The summed E-state index contributed by atoms with van der Waals surface area (Å²) in [4.78, 5) is 31.0. The Bertz CT molecular complexity index is 708. The highest BCUT2D eigenvalue weighted by molar-refractivity contribution is 5.90. The normalized spacial score (nSPS) is 10.5. The van der Waals surface area contributed by atoms with Gasteiger partial charge in [0.1, 0.15) is 5.69 Å². The number of H-pyrrole nitrogens is 1. The monoisotopic (exact) mass is 329 g/mol. The Morgan fingerprint density at radius 1 is 1.33 bits per heavy atom. The Morgan fingerprint density at radius 2 is 2.12 bits per heavy atom. The van der Waals surface area contributed by atoms with Gasteiger partial charge in [-0.3, -0.25) is 9.78 Å². The van der Waals surface area contributed by atoms with Crippen LogP contribution < -0.4 is 5.32 Å². The van der Waals surface area contributed by atoms with Crippen molar-refractivity contribution >= 4 is 11.9 Å². The SMILES string of the molecule is CCOC(=O)c1[nH]c(C)c(CCC(=O)NCc2cccnc2)c1C. The van der Waals surface area contributed by atoms with Crippen LogP contribution in [0, 0.1) is 13.8 Å². The molecule has 0 saturated heterocycles. The summed E-state index contributed by atoms with van der Waals surface area (Å²) in [5.74, 6) is -0.387. The van der Waals surface area contributed by atoms with Gasteiger partial charge in [-0.1, -0.05) is 6.07 Å². The third kappa shape index (κ3) is 4.44. The summed E-state index contributed by atoms with van der Waals surface area (Å²) in [6.07, 6.45) is 4.37. The maximum Gasteiger partial charge on any atom is 0.355 e. The van der Waals surface area contributed by atoms with E-state index in [1.165, 1.54) is 0 Å². The van der Waals surface area contributed by atoms with E-state index in [9.17, 15) is 9.59 Å². The quantitative estimate of drug-likeness (QED) is 0.764. The van der Waals surface area contributed by atoms with Crippen LogP contribution in [-0.4, -0.2) is 28.5 Å². The van der Waals surface area contributed by atoms with Gasteiger partial charge in [-0.15, -0.1) is 0 Å². The van der Waals surface area contributed by atoms with Crippen molar-refractivity contribution in [2.45, 2.75) is 40.2 Å². The molecule has 24 heavy (non-hydrogen) atoms. The highest BCUT2D eigenvalue weighted by Crippen LogP contribution is 2.20. The molecule has 0 saturated carbocycles. The van der Waals surface area contributed by atoms with Gasteiger partial charge in [0, 0.05) is 31.1 Å². The van der Waals surface area contributed by atoms with Crippen LogP contribution in [0.1, 0.15) is 46.2 Å². The molecule has 0 aliphatic heterocycles. The largest absolute Gasteiger partial charge is 0.461 e. The fourth-order valence-electron chi connectivity index (χ4n) is 2.60. The average Bonchev–Trinajstić information content (AvgIpc) is 2.86. The van der Waals surface area contributed by atoms with E-state index < -0.39 is 0 Å². The van der Waals surface area contributed by atoms with Gasteiger partial charge in [-0.25, -0.2) is 4.79 Å². The number of aromatic nitrogens is 2. The maximum atomic E-state index is 12.0. The molecule has 0 aliphatic rings. The summed E-state index contributed by atoms with van der Waals surface area (Å²) in [5.41, 5.74) is 4.18. The molecule has 2 aromatic heterocycles. The van der Waals surface area contributed by atoms with Gasteiger partial charge < -0.3 is 15.0 Å². The van der Waals surface area contributed by atoms with Gasteiger partial charge in [0.15, 0.2) is 0 Å². The molecule has 2 N–H and O–H groups in total. The number of rotatable bonds is 7. The van der Waals surface area contributed by atoms with Crippen LogP contribution in [0.4, 0.5) is 0 Å². The zero-order valence-corrected chi connectivity index (χ0v) is 14.3. The maximum absolute atomic E-state index is 12.0. The lowest BCUT2D eigenvalue weighted by molar-refractivity contribution is -0.121. The minimum Gasteiger partial charge on any atom is -0.461 e. The van der Waals surface area contributed by atoms with Crippen molar-refractivity contribution in [1.29, 1.82) is 0 Å². The fourth-order valence-corrected chi connectivity index (χ4v) is 2.60. The molecule has 0 atom stereocenters. The highest BCUT2D eigenvalue weighted by atomic mass is 16.5. The Morgan fingerprint density at radius 3 is 2.79 bits per heavy atom. The number of nitrogens with zero attached hydrogens (tertiary/aromatic N) is 1. The number of aromatic amines is 1. The first-order valence-electron chi connectivity index (χ1n) is 8.03. The highest BCUT2D eigenvalue weighted by Gasteiger charge is 2.18. The molecular formula is C18H23N3O3. The standard InChI is InChI=1S/C18H23N3O3/c1-4-24-18(23)17-12(2)15(13(3)21-17)7-8-16(22)20-11-14-6-5-9-19-10-14/h5-6,9-10,21H,4,7-8,11H2,1-3H3,(H,20,22). The van der Waals surface area contributed by atoms with Gasteiger partial charge >= 0.3 is 5.97 Å². The lowest BCUT2D eigenvalue weighted by Gasteiger charge is -2.06. The molecule has 6 nitrogen and oxygen atoms in total. The van der Waals surface area contributed by atoms with E-state index in [0.29, 0.717) is 31.7 Å². The van der Waals surface area contributed by atoms with Crippen LogP contribution in [0.3, 0.4) is 0 Å². The van der Waals surface area contributed by atoms with Crippen molar-refractivity contribution in [1.82, 2.24) is 15.3 Å². The third-order valence-corrected chi connectivity index (χ3v) is 3.89. The Hall–Kier alpha value is -2.63. The summed E-state index contributed by atoms with van der Waals surface area (Å²) in [7, 11) is 0. The Labute approximate surface area is 141 Å². The summed E-state index contributed by atoms with van der Waals surface area (Å²) < 4.78 is 5.03. The lowest BCUT2D eigenvalue weighted by Crippen LogP contribution is -2.23. The number of nitrogens with one attached hydrogen (secondary N) is 2. The number of esters is 1. The molecule has 0 aromatic carbocycles. The van der Waals surface area contributed by atoms with E-state index in [0.717, 1.165) is 22.4 Å². The van der Waals surface area contributed by atoms with Gasteiger partial charge in [0.2, 0.25) is 5.91 Å². The summed E-state index contributed by atoms with van der Waals surface area (Å²) >= 11 is 0. The number of pyridine rings is 1. The molecule has 0 radical (unpaired) electrons. The Kier molecular flexibility index (Phi) is 6.12. The molecule has 0 aliphatic carbocycles. The van der Waals surface area contributed by atoms with Gasteiger partial charge in [-0.05, 0) is 49.9 Å². The second-order valence-electron chi connectivity index (χ2n) is 5.59. The van der Waals surface area contributed by atoms with Crippen molar-refractivity contribution in [3.63, 3.8) is 0 Å². The minimum atomic E-state index is -0.356. The number of hydrogen-bond acceptors (Lipinski definition) is 4. The number of carbonyl (C=O) groups excluding carboxylic acids is 2. The smallest absolute Gasteiger partial charge is 0.355 e. The molecule has 2 heterocycles. The van der Waals surface area contributed by atoms with E-state index in [2.05, 4.69) is 15.3 Å². The van der Waals surface area contributed by atoms with E-state index >= 15 is 0 Å². The van der Waals surface area contributed by atoms with E-state index in [4.69, 9.17) is 4.74 Å². The van der Waals surface area contributed by atoms with Crippen LogP contribution in [0.5, 0.6) is 0 Å². The molecule has 0 spiro atoms. The lowest BCUT2D eigenvalue weighted by atomic mass is 10.0. The van der Waals surface area contributed by atoms with Crippen molar-refractivity contribution in [3.05, 3.63) is 52.6 Å². The molecule has 0 fully saturated rings. The molecule has 2 aromatic rings. The van der Waals surface area contributed by atoms with E-state index in [1.54, 1.807) is 19.3 Å². The zero-order chi connectivity index (χ0) is 17.5. The van der Waals surface area contributed by atoms with Crippen LogP contribution >= 0.6 is 0 Å². The molecular weight excluding hydrogens is 306 g/mol. The first kappa shape index (κ1) is 17.7. The first-order chi connectivity index (χ1) is 11.5. The van der Waals surface area contributed by atoms with Crippen molar-refractivity contribution in [3.8, 4) is 0 Å². The van der Waals surface area contributed by atoms with Crippen LogP contribution in [-0.2, 0) is 22.5 Å². The van der Waals surface area contributed by atoms with Crippen LogP contribution in [0.2, 0.25) is 0 Å². The first-order valence-corrected chi connectivity index (χ1v) is 8.03. The molecule has 6 heteroatoms. The van der Waals surface area contributed by atoms with Gasteiger partial charge in [0.25, 0.3) is 0 Å². The summed E-state index contributed by atoms with van der Waals surface area (Å²) in [5, 5.41) is 2.88. The van der Waals surface area contributed by atoms with Crippen LogP contribution in [0.25, 0.3) is 0 Å². The zero-order valence-electron chi connectivity index (χ0n) is 14.3. The van der Waals surface area contributed by atoms with Crippen molar-refractivity contribution < 1.29 is 14.3 Å². The predicted octanol–water partition coefficient (Wildman–Crippen LogP) is 2.45. The Balaban J connectivity index is 1.92. The van der Waals surface area contributed by atoms with Crippen molar-refractivity contribution in [2.75, 3.05) is 6.61 Å². The van der Waals surface area contributed by atoms with Crippen molar-refractivity contribution in [2.24, 2.45) is 0 Å². The minimum absolute atomic E-state index is 0.0310. The fraction of sp³-hybridized carbons (Fsp3) is 0.389. The molecule has 0 bridgehead atoms. The number of aryl methyl sites for hydroxylation is 1. The third-order valence-electron chi connectivity index (χ3n) is 3.89. The number of amides is 1. The number of hydrogen-bond donors (Lipinski definition) is 2. The molecule has 2 rings (SSSR count). The predicted molar refractivity (Wildman–Crippen MR) is 90.6 cm³/mol. The topological polar surface area (TPSA) is 84.1 Å². The number of carbonyl (C=O) groups is 2. The molecule has 1 amide bonds. The second kappa shape index (κ2) is 8.29. The van der Waals surface area contributed by atoms with E-state index in [-0.39, 0.29) is 11.9 Å². The van der Waals surface area contributed by atoms with Gasteiger partial charge in [0.05, 0.1) is 6.61 Å². The summed E-state index contributed by atoms with van der Waals surface area (Å²) in [6.45, 7) is 6.35. The summed E-state index contributed by atoms with van der Waals surface area (Å²) in [6, 6.07) is 3.75.